The summed E-state index contributed by atoms with van der Waals surface area (Å²) in [5.74, 6) is 2.06. The molecule has 0 aliphatic carbocycles. The molecule has 2 aliphatic rings. The first-order chi connectivity index (χ1) is 18.2. The van der Waals surface area contributed by atoms with E-state index in [1.165, 1.54) is 0 Å². The molecule has 0 N–H and O–H groups in total. The fraction of sp³-hybridized carbons (Fsp3) is 0.250. The van der Waals surface area contributed by atoms with Crippen molar-refractivity contribution >= 4 is 11.8 Å². The highest BCUT2D eigenvalue weighted by Gasteiger charge is 2.28. The molecule has 0 amide bonds. The van der Waals surface area contributed by atoms with Crippen molar-refractivity contribution in [2.75, 3.05) is 13.2 Å². The highest BCUT2D eigenvalue weighted by molar-refractivity contribution is 5.96. The Labute approximate surface area is 223 Å². The van der Waals surface area contributed by atoms with E-state index in [1.54, 1.807) is 0 Å². The Morgan fingerprint density at radius 3 is 1.34 bits per heavy atom. The molecule has 38 heavy (non-hydrogen) atoms. The minimum atomic E-state index is -0.192. The molecule has 3 heterocycles. The lowest BCUT2D eigenvalue weighted by Gasteiger charge is -2.10. The zero-order valence-corrected chi connectivity index (χ0v) is 22.1. The minimum Gasteiger partial charge on any atom is -0.475 e. The van der Waals surface area contributed by atoms with E-state index in [9.17, 15) is 0 Å². The lowest BCUT2D eigenvalue weighted by Crippen LogP contribution is -2.17. The van der Waals surface area contributed by atoms with Crippen molar-refractivity contribution in [2.24, 2.45) is 9.98 Å². The Hall–Kier alpha value is -4.32. The van der Waals surface area contributed by atoms with E-state index < -0.39 is 0 Å². The first-order valence-electron chi connectivity index (χ1n) is 12.9. The van der Waals surface area contributed by atoms with Crippen LogP contribution >= 0.6 is 0 Å². The molecule has 0 spiro atoms. The molecule has 0 unspecified atom stereocenters. The Balaban J connectivity index is 1.37. The van der Waals surface area contributed by atoms with Crippen molar-refractivity contribution in [1.82, 2.24) is 9.97 Å². The molecule has 6 heteroatoms. The molecule has 0 bridgehead atoms. The van der Waals surface area contributed by atoms with Crippen molar-refractivity contribution in [3.05, 3.63) is 96.1 Å². The third-order valence-corrected chi connectivity index (χ3v) is 6.55. The fourth-order valence-electron chi connectivity index (χ4n) is 4.49. The molecule has 0 atom stereocenters. The van der Waals surface area contributed by atoms with Crippen LogP contribution in [0.4, 0.5) is 0 Å². The van der Waals surface area contributed by atoms with Crippen molar-refractivity contribution in [2.45, 2.75) is 38.8 Å². The zero-order valence-electron chi connectivity index (χ0n) is 22.1. The van der Waals surface area contributed by atoms with Crippen molar-refractivity contribution in [1.29, 1.82) is 0 Å². The van der Waals surface area contributed by atoms with Gasteiger partial charge in [0.25, 0.3) is 0 Å². The Bertz CT molecular complexity index is 1440. The van der Waals surface area contributed by atoms with Crippen LogP contribution in [0.1, 0.15) is 38.8 Å². The maximum atomic E-state index is 5.82. The lowest BCUT2D eigenvalue weighted by atomic mass is 10.0. The van der Waals surface area contributed by atoms with Gasteiger partial charge in [-0.15, -0.1) is 0 Å². The topological polar surface area (TPSA) is 69.0 Å². The summed E-state index contributed by atoms with van der Waals surface area (Å²) < 4.78 is 11.6. The summed E-state index contributed by atoms with van der Waals surface area (Å²) in [5, 5.41) is 0. The number of hydrogen-bond donors (Lipinski definition) is 0. The van der Waals surface area contributed by atoms with Crippen LogP contribution < -0.4 is 0 Å². The summed E-state index contributed by atoms with van der Waals surface area (Å²) in [6.07, 6.45) is 0. The molecule has 6 nitrogen and oxygen atoms in total. The molecular formula is C32H30N4O2. The average Bonchev–Trinajstić information content (AvgIpc) is 3.49. The summed E-state index contributed by atoms with van der Waals surface area (Å²) in [4.78, 5) is 19.3. The molecule has 0 saturated heterocycles. The average molecular weight is 503 g/mol. The highest BCUT2D eigenvalue weighted by Crippen LogP contribution is 2.29. The van der Waals surface area contributed by atoms with Gasteiger partial charge in [0.05, 0.1) is 22.5 Å². The van der Waals surface area contributed by atoms with E-state index in [-0.39, 0.29) is 11.1 Å². The van der Waals surface area contributed by atoms with Crippen LogP contribution in [0, 0.1) is 0 Å². The minimum absolute atomic E-state index is 0.192. The van der Waals surface area contributed by atoms with E-state index in [4.69, 9.17) is 29.4 Å². The van der Waals surface area contributed by atoms with Crippen LogP contribution in [0.25, 0.3) is 33.9 Å². The number of nitrogens with zero attached hydrogens (tertiary/aromatic N) is 4. The van der Waals surface area contributed by atoms with Crippen LogP contribution in [0.3, 0.4) is 0 Å². The molecule has 1 aromatic heterocycles. The molecule has 0 fully saturated rings. The summed E-state index contributed by atoms with van der Waals surface area (Å²) in [6.45, 7) is 9.48. The summed E-state index contributed by atoms with van der Waals surface area (Å²) in [7, 11) is 0. The van der Waals surface area contributed by atoms with Gasteiger partial charge in [0.15, 0.2) is 5.82 Å². The Kier molecular flexibility index (Phi) is 5.83. The highest BCUT2D eigenvalue weighted by atomic mass is 16.5. The third kappa shape index (κ3) is 4.94. The van der Waals surface area contributed by atoms with E-state index >= 15 is 0 Å². The normalized spacial score (nSPS) is 17.4. The molecule has 4 aromatic rings. The molecule has 0 saturated carbocycles. The van der Waals surface area contributed by atoms with Gasteiger partial charge in [0.2, 0.25) is 11.8 Å². The third-order valence-electron chi connectivity index (χ3n) is 6.55. The smallest absolute Gasteiger partial charge is 0.216 e. The van der Waals surface area contributed by atoms with Gasteiger partial charge in [-0.2, -0.15) is 0 Å². The number of aromatic nitrogens is 2. The van der Waals surface area contributed by atoms with Crippen molar-refractivity contribution in [3.8, 4) is 33.9 Å². The Morgan fingerprint density at radius 2 is 0.947 bits per heavy atom. The zero-order chi connectivity index (χ0) is 26.3. The van der Waals surface area contributed by atoms with Gasteiger partial charge in [-0.3, -0.25) is 0 Å². The number of aliphatic imine (C=N–C) groups is 2. The second kappa shape index (κ2) is 9.21. The van der Waals surface area contributed by atoms with Gasteiger partial charge in [0.1, 0.15) is 13.2 Å². The number of ether oxygens (including phenoxy) is 2. The second-order valence-corrected chi connectivity index (χ2v) is 11.0. The lowest BCUT2D eigenvalue weighted by molar-refractivity contribution is 0.279. The molecule has 6 rings (SSSR count). The van der Waals surface area contributed by atoms with Crippen LogP contribution in [0.5, 0.6) is 0 Å². The fourth-order valence-corrected chi connectivity index (χ4v) is 4.49. The quantitative estimate of drug-likeness (QED) is 0.309. The summed E-state index contributed by atoms with van der Waals surface area (Å²) in [6, 6.07) is 28.5. The standard InChI is InChI=1S/C32H30N4O2/c1-31(2)19-37-29(35-31)24-14-10-21(11-15-24)26-18-27(34-28(33-26)23-8-6-5-7-9-23)22-12-16-25(17-13-22)30-36-32(3,4)20-38-30/h5-18H,19-20H2,1-4H3. The van der Waals surface area contributed by atoms with E-state index in [0.717, 1.165) is 39.2 Å². The molecule has 0 radical (unpaired) electrons. The maximum absolute atomic E-state index is 5.82. The predicted octanol–water partition coefficient (Wildman–Crippen LogP) is 6.59. The SMILES string of the molecule is CC1(C)COC(c2ccc(-c3cc(-c4ccc(C5=NC(C)(C)CO5)cc4)nc(-c4ccccc4)n3)cc2)=N1. The number of rotatable bonds is 5. The summed E-state index contributed by atoms with van der Waals surface area (Å²) in [5.41, 5.74) is 6.22. The van der Waals surface area contributed by atoms with Crippen molar-refractivity contribution in [3.63, 3.8) is 0 Å². The largest absolute Gasteiger partial charge is 0.475 e. The van der Waals surface area contributed by atoms with E-state index in [1.807, 2.05) is 60.7 Å². The second-order valence-electron chi connectivity index (χ2n) is 11.0. The molecular weight excluding hydrogens is 472 g/mol. The maximum Gasteiger partial charge on any atom is 0.216 e. The van der Waals surface area contributed by atoms with Crippen molar-refractivity contribution < 1.29 is 9.47 Å². The number of hydrogen-bond acceptors (Lipinski definition) is 6. The van der Waals surface area contributed by atoms with Crippen LogP contribution in [0.2, 0.25) is 0 Å². The van der Waals surface area contributed by atoms with E-state index in [2.05, 4.69) is 52.0 Å². The van der Waals surface area contributed by atoms with Gasteiger partial charge in [0, 0.05) is 27.8 Å². The first kappa shape index (κ1) is 24.0. The van der Waals surface area contributed by atoms with Crippen LogP contribution in [-0.4, -0.2) is 46.1 Å². The van der Waals surface area contributed by atoms with Crippen LogP contribution in [-0.2, 0) is 9.47 Å². The monoisotopic (exact) mass is 502 g/mol. The molecule has 2 aliphatic heterocycles. The van der Waals surface area contributed by atoms with Gasteiger partial charge in [-0.25, -0.2) is 20.0 Å². The van der Waals surface area contributed by atoms with Gasteiger partial charge < -0.3 is 9.47 Å². The van der Waals surface area contributed by atoms with Gasteiger partial charge >= 0.3 is 0 Å². The molecule has 190 valence electrons. The van der Waals surface area contributed by atoms with Gasteiger partial charge in [-0.05, 0) is 58.0 Å². The van der Waals surface area contributed by atoms with E-state index in [0.29, 0.717) is 30.8 Å². The predicted molar refractivity (Wildman–Crippen MR) is 151 cm³/mol. The van der Waals surface area contributed by atoms with Crippen LogP contribution in [0.15, 0.2) is 94.9 Å². The number of benzene rings is 3. The first-order valence-corrected chi connectivity index (χ1v) is 12.9. The Morgan fingerprint density at radius 1 is 0.526 bits per heavy atom. The molecule has 3 aromatic carbocycles. The van der Waals surface area contributed by atoms with Gasteiger partial charge in [-0.1, -0.05) is 54.6 Å². The summed E-state index contributed by atoms with van der Waals surface area (Å²) >= 11 is 0.